The summed E-state index contributed by atoms with van der Waals surface area (Å²) >= 11 is 15.6. The molecule has 312 valence electrons. The van der Waals surface area contributed by atoms with Gasteiger partial charge in [0.1, 0.15) is 16.1 Å². The van der Waals surface area contributed by atoms with Gasteiger partial charge in [0.05, 0.1) is 7.57 Å². The Labute approximate surface area is 378 Å². The van der Waals surface area contributed by atoms with Gasteiger partial charge in [-0.2, -0.15) is 0 Å². The van der Waals surface area contributed by atoms with Crippen molar-refractivity contribution >= 4 is 114 Å². The summed E-state index contributed by atoms with van der Waals surface area (Å²) in [4.78, 5) is 6.52. The first kappa shape index (κ1) is 47.2. The largest absolute Gasteiger partial charge is 0.143 e. The van der Waals surface area contributed by atoms with Gasteiger partial charge in [0.15, 0.2) is 0 Å². The predicted octanol–water partition coefficient (Wildman–Crippen LogP) is 17.7. The summed E-state index contributed by atoms with van der Waals surface area (Å²) in [5.74, 6) is 0. The van der Waals surface area contributed by atoms with Gasteiger partial charge in [0.25, 0.3) is 0 Å². The topological polar surface area (TPSA) is 0 Å². The Hall–Kier alpha value is 0.194. The Morgan fingerprint density at radius 1 is 0.375 bits per heavy atom. The zero-order chi connectivity index (χ0) is 39.6. The third-order valence-electron chi connectivity index (χ3n) is 13.0. The van der Waals surface area contributed by atoms with Crippen LogP contribution in [0.25, 0.3) is 19.5 Å². The number of unbranched alkanes of at least 4 members (excludes halogenated alkanes) is 20. The molecule has 8 heteroatoms. The van der Waals surface area contributed by atoms with Crippen LogP contribution in [0.5, 0.6) is 0 Å². The number of thiophene rings is 4. The summed E-state index contributed by atoms with van der Waals surface area (Å²) in [6, 6.07) is 16.0. The average molecular weight is 995 g/mol. The zero-order valence-electron chi connectivity index (χ0n) is 35.7. The van der Waals surface area contributed by atoms with E-state index in [4.69, 9.17) is 0 Å². The Kier molecular flexibility index (Phi) is 21.3. The molecule has 0 bridgehead atoms. The Bertz CT molecular complexity index is 1560. The van der Waals surface area contributed by atoms with Crippen molar-refractivity contribution in [2.24, 2.45) is 0 Å². The maximum Gasteiger partial charge on any atom is 0.122 e. The maximum absolute atomic E-state index is 3.82. The summed E-state index contributed by atoms with van der Waals surface area (Å²) in [6.07, 6.45) is 34.0. The van der Waals surface area contributed by atoms with E-state index in [0.717, 1.165) is 0 Å². The third kappa shape index (κ3) is 12.2. The summed E-state index contributed by atoms with van der Waals surface area (Å²) < 4.78 is 2.67. The Morgan fingerprint density at radius 3 is 0.982 bits per heavy atom. The molecule has 0 atom stereocenters. The van der Waals surface area contributed by atoms with Crippen molar-refractivity contribution in [1.29, 1.82) is 0 Å². The highest BCUT2D eigenvalue weighted by atomic mass is 79.9. The number of halogens is 2. The molecule has 0 nitrogen and oxygen atoms in total. The summed E-state index contributed by atoms with van der Waals surface area (Å²) in [5, 5.41) is 11.9. The maximum atomic E-state index is 3.82. The third-order valence-corrected chi connectivity index (χ3v) is 29.8. The van der Waals surface area contributed by atoms with E-state index in [0.29, 0.717) is 0 Å². The lowest BCUT2D eigenvalue weighted by Crippen LogP contribution is -2.54. The summed E-state index contributed by atoms with van der Waals surface area (Å²) in [5.41, 5.74) is 0. The van der Waals surface area contributed by atoms with Crippen molar-refractivity contribution in [1.82, 2.24) is 0 Å². The lowest BCUT2D eigenvalue weighted by atomic mass is 10.1. The van der Waals surface area contributed by atoms with Gasteiger partial charge in [-0.1, -0.05) is 194 Å². The van der Waals surface area contributed by atoms with Gasteiger partial charge in [-0.3, -0.25) is 0 Å². The van der Waals surface area contributed by atoms with Crippen molar-refractivity contribution in [2.75, 3.05) is 0 Å². The van der Waals surface area contributed by atoms with Crippen LogP contribution in [0, 0.1) is 0 Å². The highest BCUT2D eigenvalue weighted by Crippen LogP contribution is 2.45. The minimum atomic E-state index is -1.61. The normalized spacial score (nSPS) is 14.4. The quantitative estimate of drug-likeness (QED) is 0.0393. The SMILES string of the molecule is CCCCCCCC[Si]1(CCCCCCCC)c2cc(Br)sc2-c2sc(Br)cc21.CCCCCCCC[Si]1(CCCCCCCC)c2ccsc2-c2sccc21. The van der Waals surface area contributed by atoms with E-state index in [1.54, 1.807) is 29.9 Å². The van der Waals surface area contributed by atoms with Gasteiger partial charge < -0.3 is 0 Å². The van der Waals surface area contributed by atoms with Crippen LogP contribution in [-0.4, -0.2) is 16.1 Å². The Balaban J connectivity index is 0.000000215. The highest BCUT2D eigenvalue weighted by molar-refractivity contribution is 9.11. The molecule has 0 aromatic carbocycles. The van der Waals surface area contributed by atoms with Crippen LogP contribution in [0.2, 0.25) is 24.2 Å². The molecule has 0 spiro atoms. The lowest BCUT2D eigenvalue weighted by molar-refractivity contribution is 0.616. The first-order chi connectivity index (χ1) is 27.5. The van der Waals surface area contributed by atoms with Crippen molar-refractivity contribution in [3.05, 3.63) is 42.6 Å². The highest BCUT2D eigenvalue weighted by Gasteiger charge is 2.47. The molecule has 2 aliphatic heterocycles. The van der Waals surface area contributed by atoms with Gasteiger partial charge in [0.2, 0.25) is 0 Å². The van der Waals surface area contributed by atoms with E-state index in [1.807, 2.05) is 55.7 Å². The minimum absolute atomic E-state index is 1.33. The van der Waals surface area contributed by atoms with E-state index >= 15 is 0 Å². The van der Waals surface area contributed by atoms with Crippen LogP contribution >= 0.6 is 77.2 Å². The van der Waals surface area contributed by atoms with E-state index in [2.05, 4.69) is 94.6 Å². The molecule has 0 fully saturated rings. The van der Waals surface area contributed by atoms with Gasteiger partial charge in [-0.05, 0) is 99.7 Å². The van der Waals surface area contributed by atoms with Crippen LogP contribution < -0.4 is 20.7 Å². The van der Waals surface area contributed by atoms with Crippen LogP contribution in [0.1, 0.15) is 182 Å². The molecule has 6 rings (SSSR count). The molecule has 0 radical (unpaired) electrons. The van der Waals surface area contributed by atoms with Crippen molar-refractivity contribution < 1.29 is 0 Å². The van der Waals surface area contributed by atoms with Crippen LogP contribution in [0.15, 0.2) is 42.6 Å². The second kappa shape index (κ2) is 25.2. The van der Waals surface area contributed by atoms with E-state index in [1.165, 1.54) is 186 Å². The molecular weight excluding hydrogens is 921 g/mol. The van der Waals surface area contributed by atoms with Crippen LogP contribution in [-0.2, 0) is 0 Å². The molecule has 0 saturated heterocycles. The first-order valence-corrected chi connectivity index (χ1v) is 33.0. The second-order valence-electron chi connectivity index (χ2n) is 17.1. The van der Waals surface area contributed by atoms with E-state index in [-0.39, 0.29) is 0 Å². The lowest BCUT2D eigenvalue weighted by Gasteiger charge is -2.29. The molecule has 0 N–H and O–H groups in total. The first-order valence-electron chi connectivity index (χ1n) is 23.2. The molecule has 0 saturated carbocycles. The fraction of sp³-hybridized carbons (Fsp3) is 0.667. The minimum Gasteiger partial charge on any atom is -0.143 e. The fourth-order valence-electron chi connectivity index (χ4n) is 9.94. The molecule has 4 aromatic heterocycles. The van der Waals surface area contributed by atoms with Crippen LogP contribution in [0.3, 0.4) is 0 Å². The summed E-state index contributed by atoms with van der Waals surface area (Å²) in [7, 11) is -3.09. The summed E-state index contributed by atoms with van der Waals surface area (Å²) in [6.45, 7) is 9.26. The zero-order valence-corrected chi connectivity index (χ0v) is 44.1. The second-order valence-corrected chi connectivity index (χ2v) is 32.3. The van der Waals surface area contributed by atoms with Gasteiger partial charge >= 0.3 is 0 Å². The molecular formula is C48H74Br2S4Si2. The molecule has 2 aliphatic rings. The number of hydrogen-bond donors (Lipinski definition) is 0. The smallest absolute Gasteiger partial charge is 0.122 e. The van der Waals surface area contributed by atoms with E-state index < -0.39 is 16.1 Å². The van der Waals surface area contributed by atoms with Crippen molar-refractivity contribution in [2.45, 2.75) is 206 Å². The van der Waals surface area contributed by atoms with Crippen molar-refractivity contribution in [3.63, 3.8) is 0 Å². The fourth-order valence-corrected chi connectivity index (χ4v) is 29.7. The molecule has 4 aromatic rings. The molecule has 0 amide bonds. The Morgan fingerprint density at radius 2 is 0.661 bits per heavy atom. The van der Waals surface area contributed by atoms with Gasteiger partial charge in [-0.25, -0.2) is 0 Å². The average Bonchev–Trinajstić information content (AvgIpc) is 4.05. The standard InChI is InChI=1S/C24H36Br2S2Si.C24H38S2Si/c1-3-5-7-9-11-13-15-29(16-14-12-10-8-6-4-2)19-17-21(25)27-23(19)24-20(29)18-22(26)28-24;1-3-5-7-9-11-13-19-27(20-14-12-10-8-6-4-2)21-15-17-25-23(21)24-22(27)16-18-26-24/h17-18H,3-16H2,1-2H3;15-18H,3-14,19-20H2,1-2H3. The predicted molar refractivity (Wildman–Crippen MR) is 273 cm³/mol. The molecule has 56 heavy (non-hydrogen) atoms. The van der Waals surface area contributed by atoms with Gasteiger partial charge in [0, 0.05) is 19.5 Å². The molecule has 6 heterocycles. The number of fused-ring (bicyclic) bond motifs is 6. The van der Waals surface area contributed by atoms with E-state index in [9.17, 15) is 0 Å². The number of hydrogen-bond acceptors (Lipinski definition) is 4. The monoisotopic (exact) mass is 992 g/mol. The van der Waals surface area contributed by atoms with Crippen molar-refractivity contribution in [3.8, 4) is 19.5 Å². The van der Waals surface area contributed by atoms with Gasteiger partial charge in [-0.15, -0.1) is 45.3 Å². The van der Waals surface area contributed by atoms with Crippen LogP contribution in [0.4, 0.5) is 0 Å². The molecule has 0 aliphatic carbocycles. The molecule has 0 unspecified atom stereocenters. The number of rotatable bonds is 28.